The van der Waals surface area contributed by atoms with Gasteiger partial charge in [0, 0.05) is 11.3 Å². The number of nitrogens with one attached hydrogen (secondary N) is 1. The fourth-order valence-electron chi connectivity index (χ4n) is 4.17. The van der Waals surface area contributed by atoms with Crippen LogP contribution in [0.25, 0.3) is 0 Å². The number of hydrogen-bond donors (Lipinski definition) is 1. The van der Waals surface area contributed by atoms with Crippen LogP contribution in [0.4, 0.5) is 5.69 Å². The van der Waals surface area contributed by atoms with Gasteiger partial charge in [-0.1, -0.05) is 18.2 Å². The van der Waals surface area contributed by atoms with E-state index >= 15 is 0 Å². The van der Waals surface area contributed by atoms with Crippen LogP contribution in [0.1, 0.15) is 32.4 Å². The number of thiocarbonyl (C=S) groups is 1. The van der Waals surface area contributed by atoms with Gasteiger partial charge in [-0.25, -0.2) is 0 Å². The van der Waals surface area contributed by atoms with E-state index in [4.69, 9.17) is 26.4 Å². The molecule has 0 amide bonds. The van der Waals surface area contributed by atoms with E-state index in [-0.39, 0.29) is 12.0 Å². The van der Waals surface area contributed by atoms with Crippen molar-refractivity contribution in [1.29, 1.82) is 0 Å². The van der Waals surface area contributed by atoms with Gasteiger partial charge < -0.3 is 19.5 Å². The lowest BCUT2D eigenvalue weighted by molar-refractivity contribution is -0.159. The first-order chi connectivity index (χ1) is 14.0. The average Bonchev–Trinajstić information content (AvgIpc) is 2.69. The second kappa shape index (κ2) is 7.55. The smallest absolute Gasteiger partial charge is 0.317 e. The Labute approximate surface area is 175 Å². The molecule has 6 nitrogen and oxygen atoms in total. The van der Waals surface area contributed by atoms with Crippen molar-refractivity contribution in [3.8, 4) is 11.5 Å². The van der Waals surface area contributed by atoms with Crippen molar-refractivity contribution >= 4 is 29.0 Å². The summed E-state index contributed by atoms with van der Waals surface area (Å²) in [6.07, 6.45) is 0. The highest BCUT2D eigenvalue weighted by Crippen LogP contribution is 2.49. The molecule has 152 valence electrons. The van der Waals surface area contributed by atoms with Crippen LogP contribution in [0.3, 0.4) is 0 Å². The highest BCUT2D eigenvalue weighted by molar-refractivity contribution is 7.80. The van der Waals surface area contributed by atoms with Crippen LogP contribution in [0.15, 0.2) is 48.5 Å². The molecule has 0 saturated carbocycles. The number of esters is 1. The number of ether oxygens (including phenoxy) is 3. The molecule has 4 rings (SSSR count). The molecule has 2 aliphatic heterocycles. The van der Waals surface area contributed by atoms with Crippen molar-refractivity contribution in [2.24, 2.45) is 5.92 Å². The van der Waals surface area contributed by atoms with Gasteiger partial charge in [-0.05, 0) is 63.3 Å². The summed E-state index contributed by atoms with van der Waals surface area (Å²) < 4.78 is 17.4. The maximum atomic E-state index is 13.0. The summed E-state index contributed by atoms with van der Waals surface area (Å²) in [7, 11) is 0. The fourth-order valence-corrected chi connectivity index (χ4v) is 4.58. The van der Waals surface area contributed by atoms with Crippen molar-refractivity contribution in [1.82, 2.24) is 5.32 Å². The zero-order valence-electron chi connectivity index (χ0n) is 16.7. The van der Waals surface area contributed by atoms with E-state index in [9.17, 15) is 4.79 Å². The van der Waals surface area contributed by atoms with Crippen LogP contribution >= 0.6 is 12.2 Å². The zero-order valence-corrected chi connectivity index (χ0v) is 17.5. The Hall–Kier alpha value is -2.80. The number of carbonyl (C=O) groups is 1. The van der Waals surface area contributed by atoms with Gasteiger partial charge in [0.1, 0.15) is 17.4 Å². The van der Waals surface area contributed by atoms with Crippen LogP contribution in [-0.4, -0.2) is 30.0 Å². The van der Waals surface area contributed by atoms with Gasteiger partial charge in [0.2, 0.25) is 5.72 Å². The molecule has 1 saturated heterocycles. The number of hydrogen-bond acceptors (Lipinski definition) is 5. The molecule has 0 aliphatic carbocycles. The summed E-state index contributed by atoms with van der Waals surface area (Å²) >= 11 is 5.70. The highest BCUT2D eigenvalue weighted by Gasteiger charge is 2.59. The average molecular weight is 413 g/mol. The molecule has 0 aromatic heterocycles. The molecule has 2 aromatic rings. The number of benzene rings is 2. The van der Waals surface area contributed by atoms with Gasteiger partial charge in [0.05, 0.1) is 19.3 Å². The van der Waals surface area contributed by atoms with Crippen LogP contribution in [0, 0.1) is 5.92 Å². The molecule has 1 N–H and O–H groups in total. The van der Waals surface area contributed by atoms with Crippen molar-refractivity contribution in [2.75, 3.05) is 18.1 Å². The Balaban J connectivity index is 1.81. The Kier molecular flexibility index (Phi) is 5.08. The van der Waals surface area contributed by atoms with Crippen LogP contribution < -0.4 is 19.7 Å². The van der Waals surface area contributed by atoms with E-state index in [0.717, 1.165) is 22.7 Å². The minimum atomic E-state index is -1.04. The summed E-state index contributed by atoms with van der Waals surface area (Å²) in [5.41, 5.74) is 0.665. The second-order valence-corrected chi connectivity index (χ2v) is 7.50. The fraction of sp³-hybridized carbons (Fsp3) is 0.364. The van der Waals surface area contributed by atoms with Gasteiger partial charge in [-0.15, -0.1) is 0 Å². The number of carbonyl (C=O) groups excluding carboxylic acids is 1. The van der Waals surface area contributed by atoms with Crippen LogP contribution in [0.5, 0.6) is 11.5 Å². The first kappa shape index (κ1) is 19.5. The first-order valence-corrected chi connectivity index (χ1v) is 10.2. The maximum absolute atomic E-state index is 13.0. The van der Waals surface area contributed by atoms with Gasteiger partial charge >= 0.3 is 5.97 Å². The largest absolute Gasteiger partial charge is 0.494 e. The topological polar surface area (TPSA) is 60.0 Å². The molecular formula is C22H24N2O4S. The summed E-state index contributed by atoms with van der Waals surface area (Å²) in [5, 5.41) is 3.85. The predicted molar refractivity (Wildman–Crippen MR) is 114 cm³/mol. The first-order valence-electron chi connectivity index (χ1n) is 9.77. The molecule has 1 fully saturated rings. The molecule has 2 heterocycles. The Morgan fingerprint density at radius 1 is 1.17 bits per heavy atom. The summed E-state index contributed by atoms with van der Waals surface area (Å²) in [4.78, 5) is 14.9. The van der Waals surface area contributed by atoms with Gasteiger partial charge in [0.15, 0.2) is 5.11 Å². The zero-order chi connectivity index (χ0) is 20.6. The van der Waals surface area contributed by atoms with Crippen LogP contribution in [-0.2, 0) is 9.53 Å². The number of para-hydroxylation sites is 1. The number of anilines is 1. The standard InChI is InChI=1S/C22H24N2O4S/c1-4-26-15-12-10-14(11-13-15)24-21(29)23-19-16-8-6-7-9-17(16)28-22(24,3)18(19)20(25)27-5-2/h6-13,18-19H,4-5H2,1-3H3,(H,23,29)/t18-,19-,22-/m0/s1. The Morgan fingerprint density at radius 2 is 1.90 bits per heavy atom. The van der Waals surface area contributed by atoms with Crippen molar-refractivity contribution in [3.63, 3.8) is 0 Å². The van der Waals surface area contributed by atoms with E-state index in [1.165, 1.54) is 0 Å². The van der Waals surface area contributed by atoms with Crippen molar-refractivity contribution in [3.05, 3.63) is 54.1 Å². The molecule has 7 heteroatoms. The van der Waals surface area contributed by atoms with Gasteiger partial charge in [0.25, 0.3) is 0 Å². The Bertz CT molecular complexity index is 933. The quantitative estimate of drug-likeness (QED) is 0.592. The molecule has 0 radical (unpaired) electrons. The third kappa shape index (κ3) is 3.19. The summed E-state index contributed by atoms with van der Waals surface area (Å²) in [5.74, 6) is 0.578. The minimum Gasteiger partial charge on any atom is -0.494 e. The SMILES string of the molecule is CCOC(=O)[C@@H]1[C@H]2NC(=S)N(c3ccc(OCC)cc3)[C@@]1(C)Oc1ccccc12. The second-order valence-electron chi connectivity index (χ2n) is 7.11. The molecule has 29 heavy (non-hydrogen) atoms. The molecule has 2 aromatic carbocycles. The lowest BCUT2D eigenvalue weighted by Gasteiger charge is -2.55. The molecule has 2 bridgehead atoms. The molecular weight excluding hydrogens is 388 g/mol. The van der Waals surface area contributed by atoms with E-state index < -0.39 is 11.6 Å². The molecule has 0 unspecified atom stereocenters. The lowest BCUT2D eigenvalue weighted by Crippen LogP contribution is -2.71. The summed E-state index contributed by atoms with van der Waals surface area (Å²) in [6, 6.07) is 15.0. The van der Waals surface area contributed by atoms with E-state index in [1.54, 1.807) is 6.92 Å². The normalized spacial score (nSPS) is 24.8. The number of fused-ring (bicyclic) bond motifs is 4. The monoisotopic (exact) mass is 412 g/mol. The number of rotatable bonds is 5. The van der Waals surface area contributed by atoms with E-state index in [2.05, 4.69) is 5.32 Å². The lowest BCUT2D eigenvalue weighted by atomic mass is 9.79. The van der Waals surface area contributed by atoms with Crippen molar-refractivity contribution < 1.29 is 19.0 Å². The van der Waals surface area contributed by atoms with Gasteiger partial charge in [-0.2, -0.15) is 0 Å². The van der Waals surface area contributed by atoms with Gasteiger partial charge in [-0.3, -0.25) is 9.69 Å². The maximum Gasteiger partial charge on any atom is 0.317 e. The highest BCUT2D eigenvalue weighted by atomic mass is 32.1. The van der Waals surface area contributed by atoms with Crippen molar-refractivity contribution in [2.45, 2.75) is 32.5 Å². The summed E-state index contributed by atoms with van der Waals surface area (Å²) in [6.45, 7) is 6.52. The predicted octanol–water partition coefficient (Wildman–Crippen LogP) is 3.81. The van der Waals surface area contributed by atoms with Crippen LogP contribution in [0.2, 0.25) is 0 Å². The third-order valence-corrected chi connectivity index (χ3v) is 5.65. The van der Waals surface area contributed by atoms with E-state index in [1.807, 2.05) is 67.3 Å². The Morgan fingerprint density at radius 3 is 2.59 bits per heavy atom. The third-order valence-electron chi connectivity index (χ3n) is 5.35. The molecule has 2 aliphatic rings. The molecule has 3 atom stereocenters. The minimum absolute atomic E-state index is 0.299. The van der Waals surface area contributed by atoms with E-state index in [0.29, 0.717) is 18.3 Å². The number of nitrogens with zero attached hydrogens (tertiary/aromatic N) is 1. The molecule has 0 spiro atoms.